The van der Waals surface area contributed by atoms with Crippen LogP contribution in [0, 0.1) is 22.7 Å². The Morgan fingerprint density at radius 1 is 1.40 bits per heavy atom. The summed E-state index contributed by atoms with van der Waals surface area (Å²) in [7, 11) is 0. The molecule has 0 saturated heterocycles. The third kappa shape index (κ3) is 2.48. The van der Waals surface area contributed by atoms with Gasteiger partial charge in [0.1, 0.15) is 0 Å². The Morgan fingerprint density at radius 2 is 2.00 bits per heavy atom. The third-order valence-electron chi connectivity index (χ3n) is 3.35. The molecule has 4 nitrogen and oxygen atoms in total. The summed E-state index contributed by atoms with van der Waals surface area (Å²) in [6.45, 7) is -0.166. The van der Waals surface area contributed by atoms with E-state index in [0.29, 0.717) is 12.8 Å². The Hall–Kier alpha value is -1.08. The van der Waals surface area contributed by atoms with Gasteiger partial charge in [0.25, 0.3) is 0 Å². The number of hydrogen-bond donors (Lipinski definition) is 2. The van der Waals surface area contributed by atoms with E-state index >= 15 is 0 Å². The molecule has 0 radical (unpaired) electrons. The smallest absolute Gasteiger partial charge is 0.308 e. The van der Waals surface area contributed by atoms with Crippen LogP contribution in [0.25, 0.3) is 0 Å². The summed E-state index contributed by atoms with van der Waals surface area (Å²) in [6.07, 6.45) is 4.41. The van der Waals surface area contributed by atoms with Crippen molar-refractivity contribution in [1.29, 1.82) is 5.26 Å². The molecule has 0 amide bonds. The maximum absolute atomic E-state index is 11.1. The van der Waals surface area contributed by atoms with Gasteiger partial charge in [0.2, 0.25) is 0 Å². The molecule has 0 aromatic rings. The van der Waals surface area contributed by atoms with Gasteiger partial charge in [-0.15, -0.1) is 0 Å². The molecule has 1 saturated carbocycles. The standard InChI is InChI=1S/C11H17NO3/c12-8-11(5-2-1-3-6-11)9(4-7-13)10(14)15/h9,13H,1-7H2,(H,14,15). The van der Waals surface area contributed by atoms with Crippen molar-refractivity contribution < 1.29 is 15.0 Å². The lowest BCUT2D eigenvalue weighted by atomic mass is 9.66. The number of carboxylic acids is 1. The van der Waals surface area contributed by atoms with Gasteiger partial charge >= 0.3 is 5.97 Å². The van der Waals surface area contributed by atoms with Crippen LogP contribution in [0.15, 0.2) is 0 Å². The predicted octanol–water partition coefficient (Wildman–Crippen LogP) is 1.54. The van der Waals surface area contributed by atoms with Crippen LogP contribution in [0.3, 0.4) is 0 Å². The first-order chi connectivity index (χ1) is 7.16. The highest BCUT2D eigenvalue weighted by Gasteiger charge is 2.43. The van der Waals surface area contributed by atoms with Crippen LogP contribution < -0.4 is 0 Å². The van der Waals surface area contributed by atoms with E-state index in [2.05, 4.69) is 6.07 Å². The van der Waals surface area contributed by atoms with Gasteiger partial charge in [-0.25, -0.2) is 0 Å². The van der Waals surface area contributed by atoms with Gasteiger partial charge in [0, 0.05) is 6.61 Å². The Kier molecular flexibility index (Phi) is 4.10. The summed E-state index contributed by atoms with van der Waals surface area (Å²) in [4.78, 5) is 11.1. The minimum atomic E-state index is -0.951. The van der Waals surface area contributed by atoms with Crippen molar-refractivity contribution in [3.05, 3.63) is 0 Å². The Labute approximate surface area is 89.5 Å². The molecule has 1 atom stereocenters. The van der Waals surface area contributed by atoms with Crippen LogP contribution in [0.5, 0.6) is 0 Å². The summed E-state index contributed by atoms with van der Waals surface area (Å²) in [5.74, 6) is -1.67. The van der Waals surface area contributed by atoms with Crippen LogP contribution in [0.2, 0.25) is 0 Å². The van der Waals surface area contributed by atoms with E-state index in [9.17, 15) is 10.1 Å². The minimum absolute atomic E-state index is 0.166. The van der Waals surface area contributed by atoms with Crippen molar-refractivity contribution in [2.24, 2.45) is 11.3 Å². The molecule has 0 bridgehead atoms. The van der Waals surface area contributed by atoms with Crippen molar-refractivity contribution in [1.82, 2.24) is 0 Å². The molecule has 0 aromatic carbocycles. The topological polar surface area (TPSA) is 81.3 Å². The third-order valence-corrected chi connectivity index (χ3v) is 3.35. The van der Waals surface area contributed by atoms with Gasteiger partial charge in [-0.05, 0) is 19.3 Å². The lowest BCUT2D eigenvalue weighted by molar-refractivity contribution is -0.146. The first kappa shape index (κ1) is 12.0. The van der Waals surface area contributed by atoms with Crippen LogP contribution in [0.1, 0.15) is 38.5 Å². The number of carboxylic acid groups (broad SMARTS) is 1. The van der Waals surface area contributed by atoms with Gasteiger partial charge in [-0.2, -0.15) is 5.26 Å². The summed E-state index contributed by atoms with van der Waals surface area (Å²) in [6, 6.07) is 2.19. The van der Waals surface area contributed by atoms with Crippen molar-refractivity contribution in [2.45, 2.75) is 38.5 Å². The zero-order valence-corrected chi connectivity index (χ0v) is 8.78. The first-order valence-electron chi connectivity index (χ1n) is 5.41. The molecular formula is C11H17NO3. The number of carbonyl (C=O) groups is 1. The molecular weight excluding hydrogens is 194 g/mol. The van der Waals surface area contributed by atoms with Gasteiger partial charge in [-0.3, -0.25) is 4.79 Å². The number of rotatable bonds is 4. The van der Waals surface area contributed by atoms with Gasteiger partial charge in [0.15, 0.2) is 0 Å². The van der Waals surface area contributed by atoms with Gasteiger partial charge < -0.3 is 10.2 Å². The van der Waals surface area contributed by atoms with E-state index in [1.807, 2.05) is 0 Å². The molecule has 1 rings (SSSR count). The van der Waals surface area contributed by atoms with Crippen molar-refractivity contribution in [3.63, 3.8) is 0 Å². The fraction of sp³-hybridized carbons (Fsp3) is 0.818. The SMILES string of the molecule is N#CC1(C(CCO)C(=O)O)CCCCC1. The second-order valence-electron chi connectivity index (χ2n) is 4.23. The zero-order valence-electron chi connectivity index (χ0n) is 8.78. The second kappa shape index (κ2) is 5.13. The molecule has 15 heavy (non-hydrogen) atoms. The maximum Gasteiger partial charge on any atom is 0.308 e. The largest absolute Gasteiger partial charge is 0.481 e. The highest BCUT2D eigenvalue weighted by atomic mass is 16.4. The van der Waals surface area contributed by atoms with E-state index in [-0.39, 0.29) is 13.0 Å². The predicted molar refractivity (Wildman–Crippen MR) is 54.0 cm³/mol. The minimum Gasteiger partial charge on any atom is -0.481 e. The molecule has 0 spiro atoms. The molecule has 1 aliphatic carbocycles. The fourth-order valence-corrected chi connectivity index (χ4v) is 2.49. The van der Waals surface area contributed by atoms with Crippen molar-refractivity contribution in [2.75, 3.05) is 6.61 Å². The van der Waals surface area contributed by atoms with Crippen LogP contribution in [-0.4, -0.2) is 22.8 Å². The fourth-order valence-electron chi connectivity index (χ4n) is 2.49. The maximum atomic E-state index is 11.1. The molecule has 2 N–H and O–H groups in total. The number of aliphatic carboxylic acids is 1. The van der Waals surface area contributed by atoms with Crippen molar-refractivity contribution in [3.8, 4) is 6.07 Å². The van der Waals surface area contributed by atoms with Gasteiger partial charge in [0.05, 0.1) is 17.4 Å². The number of aliphatic hydroxyl groups is 1. The molecule has 0 heterocycles. The lowest BCUT2D eigenvalue weighted by Gasteiger charge is -2.35. The Balaban J connectivity index is 2.85. The summed E-state index contributed by atoms with van der Waals surface area (Å²) in [5.41, 5.74) is -0.743. The number of nitriles is 1. The highest BCUT2D eigenvalue weighted by Crippen LogP contribution is 2.43. The van der Waals surface area contributed by atoms with E-state index in [1.165, 1.54) is 0 Å². The van der Waals surface area contributed by atoms with Crippen molar-refractivity contribution >= 4 is 5.97 Å². The quantitative estimate of drug-likeness (QED) is 0.739. The van der Waals surface area contributed by atoms with E-state index in [1.54, 1.807) is 0 Å². The van der Waals surface area contributed by atoms with Gasteiger partial charge in [-0.1, -0.05) is 19.3 Å². The van der Waals surface area contributed by atoms with Crippen LogP contribution >= 0.6 is 0 Å². The molecule has 0 aromatic heterocycles. The van der Waals surface area contributed by atoms with E-state index in [4.69, 9.17) is 10.2 Å². The average Bonchev–Trinajstić information content (AvgIpc) is 2.26. The zero-order chi connectivity index (χ0) is 11.3. The summed E-state index contributed by atoms with van der Waals surface area (Å²) in [5, 5.41) is 27.1. The first-order valence-corrected chi connectivity index (χ1v) is 5.41. The second-order valence-corrected chi connectivity index (χ2v) is 4.23. The normalized spacial score (nSPS) is 21.6. The molecule has 1 fully saturated rings. The van der Waals surface area contributed by atoms with E-state index in [0.717, 1.165) is 19.3 Å². The molecule has 84 valence electrons. The monoisotopic (exact) mass is 211 g/mol. The van der Waals surface area contributed by atoms with E-state index < -0.39 is 17.3 Å². The Bertz CT molecular complexity index is 263. The Morgan fingerprint density at radius 3 is 2.40 bits per heavy atom. The lowest BCUT2D eigenvalue weighted by Crippen LogP contribution is -2.37. The highest BCUT2D eigenvalue weighted by molar-refractivity contribution is 5.71. The van der Waals surface area contributed by atoms with Crippen LogP contribution in [-0.2, 0) is 4.79 Å². The number of hydrogen-bond acceptors (Lipinski definition) is 3. The molecule has 1 aliphatic rings. The number of nitrogens with zero attached hydrogens (tertiary/aromatic N) is 1. The summed E-state index contributed by atoms with van der Waals surface area (Å²) < 4.78 is 0. The average molecular weight is 211 g/mol. The number of aliphatic hydroxyl groups excluding tert-OH is 1. The molecule has 1 unspecified atom stereocenters. The summed E-state index contributed by atoms with van der Waals surface area (Å²) >= 11 is 0. The molecule has 0 aliphatic heterocycles. The van der Waals surface area contributed by atoms with Crippen LogP contribution in [0.4, 0.5) is 0 Å². The molecule has 4 heteroatoms.